The van der Waals surface area contributed by atoms with Crippen molar-refractivity contribution < 1.29 is 208 Å². The van der Waals surface area contributed by atoms with Crippen molar-refractivity contribution in [1.82, 2.24) is 10.6 Å². The van der Waals surface area contributed by atoms with E-state index in [1.807, 2.05) is 0 Å². The van der Waals surface area contributed by atoms with E-state index in [-0.39, 0.29) is 11.5 Å². The predicted octanol–water partition coefficient (Wildman–Crippen LogP) is -16.7. The van der Waals surface area contributed by atoms with Gasteiger partial charge in [-0.2, -0.15) is 0 Å². The molecule has 0 saturated carbocycles. The molecule has 1 aromatic carbocycles. The fourth-order valence-corrected chi connectivity index (χ4v) is 13.2. The Morgan fingerprint density at radius 2 is 0.578 bits per heavy atom. The third kappa shape index (κ3) is 17.1. The van der Waals surface area contributed by atoms with Crippen molar-refractivity contribution in [1.29, 1.82) is 0 Å². The standard InChI is InChI=1S/C58H90N2O42/c1-15(68)60-27-29(71)28(70)19(7-61)89-51(27)87-17-4-2-16(3-5-17)86-14-26(69)59-6-18-44-30(72)37(79)52(88-18)97-45-20(8-62)91-54(39(81)32(45)74)99-47-22(10-64)93-56(41(83)34(47)76)101-49-24(12-66)95-58(43(85)36(49)78)102-50-25(13-67)94-57(42(84)35(50)77)100-48-23(11-65)92-55(40(82)33(48)75)98-46-21(9-63)90-53(96-44)38(80)31(46)73/h2-5,18-25,27-58,61-67,70-85H,6-14H2,1H3,(H,59,69)(H,60,68). The van der Waals surface area contributed by atoms with Crippen LogP contribution in [0.25, 0.3) is 0 Å². The van der Waals surface area contributed by atoms with E-state index in [4.69, 9.17) is 80.5 Å². The molecule has 0 aliphatic carbocycles. The van der Waals surface area contributed by atoms with Gasteiger partial charge in [0.05, 0.1) is 46.2 Å². The molecule has 23 rings (SSSR count). The van der Waals surface area contributed by atoms with Crippen molar-refractivity contribution in [3.8, 4) is 11.5 Å². The van der Waals surface area contributed by atoms with Crippen LogP contribution < -0.4 is 20.1 Å². The van der Waals surface area contributed by atoms with Crippen LogP contribution in [-0.4, -0.2) is 434 Å². The average Bonchev–Trinajstić information content (AvgIpc) is 0.776. The Balaban J connectivity index is 0.901. The minimum absolute atomic E-state index is 0.0268. The fraction of sp³-hybridized carbons (Fsp3) is 0.862. The summed E-state index contributed by atoms with van der Waals surface area (Å²) in [6.45, 7) is -7.78. The molecule has 2 amide bonds. The van der Waals surface area contributed by atoms with Gasteiger partial charge >= 0.3 is 0 Å². The first kappa shape index (κ1) is 80.8. The minimum atomic E-state index is -2.34. The molecule has 22 aliphatic rings. The maximum atomic E-state index is 13.6. The van der Waals surface area contributed by atoms with Gasteiger partial charge in [0, 0.05) is 13.5 Å². The number of benzene rings is 1. The molecule has 584 valence electrons. The van der Waals surface area contributed by atoms with E-state index >= 15 is 0 Å². The summed E-state index contributed by atoms with van der Waals surface area (Å²) in [4.78, 5) is 25.5. The zero-order valence-corrected chi connectivity index (χ0v) is 53.8. The first-order valence-corrected chi connectivity index (χ1v) is 32.5. The van der Waals surface area contributed by atoms with Crippen molar-refractivity contribution in [3.05, 3.63) is 24.3 Å². The van der Waals surface area contributed by atoms with Gasteiger partial charge in [0.1, 0.15) is 207 Å². The summed E-state index contributed by atoms with van der Waals surface area (Å²) in [6.07, 6.45) is -79.1. The molecule has 102 heavy (non-hydrogen) atoms. The Kier molecular flexibility index (Phi) is 27.8. The van der Waals surface area contributed by atoms with Gasteiger partial charge in [-0.15, -0.1) is 0 Å². The number of rotatable bonds is 15. The zero-order valence-electron chi connectivity index (χ0n) is 53.8. The molecule has 40 unspecified atom stereocenters. The lowest BCUT2D eigenvalue weighted by Gasteiger charge is -2.50. The second kappa shape index (κ2) is 35.1. The van der Waals surface area contributed by atoms with E-state index in [1.54, 1.807) is 0 Å². The predicted molar refractivity (Wildman–Crippen MR) is 312 cm³/mol. The zero-order chi connectivity index (χ0) is 74.0. The highest BCUT2D eigenvalue weighted by atomic mass is 16.8. The van der Waals surface area contributed by atoms with Gasteiger partial charge in [0.15, 0.2) is 50.6 Å². The van der Waals surface area contributed by atoms with Crippen molar-refractivity contribution in [2.75, 3.05) is 59.4 Å². The molecule has 40 atom stereocenters. The normalized spacial score (nSPS) is 49.0. The number of amides is 2. The molecule has 25 N–H and O–H groups in total. The van der Waals surface area contributed by atoms with Crippen LogP contribution in [0.15, 0.2) is 24.3 Å². The largest absolute Gasteiger partial charge is 0.484 e. The van der Waals surface area contributed by atoms with Gasteiger partial charge in [-0.05, 0) is 24.3 Å². The number of aliphatic hydroxyl groups excluding tert-OH is 23. The number of carbonyl (C=O) groups excluding carboxylic acids is 2. The first-order chi connectivity index (χ1) is 48.6. The first-order valence-electron chi connectivity index (χ1n) is 32.5. The van der Waals surface area contributed by atoms with Crippen molar-refractivity contribution in [2.45, 2.75) is 253 Å². The van der Waals surface area contributed by atoms with Crippen LogP contribution in [0.3, 0.4) is 0 Å². The Labute approximate surface area is 576 Å². The third-order valence-electron chi connectivity index (χ3n) is 18.8. The lowest BCUT2D eigenvalue weighted by atomic mass is 9.95. The smallest absolute Gasteiger partial charge is 0.258 e. The van der Waals surface area contributed by atoms with Gasteiger partial charge in [-0.3, -0.25) is 9.59 Å². The molecule has 22 heterocycles. The second-order valence-corrected chi connectivity index (χ2v) is 25.6. The van der Waals surface area contributed by atoms with Gasteiger partial charge in [-0.1, -0.05) is 0 Å². The third-order valence-corrected chi connectivity index (χ3v) is 18.8. The van der Waals surface area contributed by atoms with Crippen LogP contribution in [0, 0.1) is 0 Å². The molecule has 22 fully saturated rings. The second-order valence-electron chi connectivity index (χ2n) is 25.6. The molecule has 22 saturated heterocycles. The lowest BCUT2D eigenvalue weighted by Crippen LogP contribution is -2.68. The van der Waals surface area contributed by atoms with Crippen molar-refractivity contribution >= 4 is 11.8 Å². The minimum Gasteiger partial charge on any atom is -0.484 e. The van der Waals surface area contributed by atoms with Gasteiger partial charge in [0.25, 0.3) is 5.91 Å². The summed E-state index contributed by atoms with van der Waals surface area (Å²) in [5.41, 5.74) is 0. The number of hydrogen-bond donors (Lipinski definition) is 25. The molecule has 22 aliphatic heterocycles. The Hall–Kier alpha value is -3.76. The highest BCUT2D eigenvalue weighted by Gasteiger charge is 2.60. The number of carbonyl (C=O) groups is 2. The van der Waals surface area contributed by atoms with E-state index < -0.39 is 317 Å². The Morgan fingerprint density at radius 3 is 0.843 bits per heavy atom. The molecule has 44 heteroatoms. The lowest BCUT2D eigenvalue weighted by molar-refractivity contribution is -0.396. The monoisotopic (exact) mass is 1490 g/mol. The van der Waals surface area contributed by atoms with Crippen molar-refractivity contribution in [3.63, 3.8) is 0 Å². The quantitative estimate of drug-likeness (QED) is 0.0775. The molecule has 0 radical (unpaired) electrons. The Bertz CT molecular complexity index is 2780. The number of ether oxygens (including phenoxy) is 17. The molecular formula is C58H90N2O42. The van der Waals surface area contributed by atoms with Crippen molar-refractivity contribution in [2.24, 2.45) is 0 Å². The SMILES string of the molecule is CC(=O)NC1C(Oc2ccc(OCC(=O)NCC3OC4OC5C(CO)OC(OC6C(CO)OC(OC7C(CO)OC(OC8C(CO)OC(OC9C(CO)OC(OC%10C(CO)OC(OC3C(O)C4O)C(O)C%10O)C(O)C9O)C(O)C8O)C(O)C7O)C(O)C6O)C(O)C5O)cc2)OC(CO)C(O)C1O. The maximum absolute atomic E-state index is 13.6. The highest BCUT2D eigenvalue weighted by molar-refractivity contribution is 5.77. The van der Waals surface area contributed by atoms with E-state index in [2.05, 4.69) is 10.6 Å². The van der Waals surface area contributed by atoms with E-state index in [0.717, 1.165) is 6.92 Å². The van der Waals surface area contributed by atoms with Crippen LogP contribution in [0.2, 0.25) is 0 Å². The van der Waals surface area contributed by atoms with Gasteiger partial charge < -0.3 is 209 Å². The molecule has 1 aromatic rings. The summed E-state index contributed by atoms with van der Waals surface area (Å²) in [5, 5.41) is 261. The van der Waals surface area contributed by atoms with Crippen LogP contribution in [0.5, 0.6) is 11.5 Å². The van der Waals surface area contributed by atoms with E-state index in [1.165, 1.54) is 24.3 Å². The number of nitrogens with one attached hydrogen (secondary N) is 2. The topological polar surface area (TPSA) is 680 Å². The average molecular weight is 1490 g/mol. The summed E-state index contributed by atoms with van der Waals surface area (Å²) in [6, 6.07) is 4.00. The van der Waals surface area contributed by atoms with Crippen LogP contribution in [0.1, 0.15) is 6.92 Å². The van der Waals surface area contributed by atoms with E-state index in [9.17, 15) is 127 Å². The summed E-state index contributed by atoms with van der Waals surface area (Å²) < 4.78 is 98.2. The molecule has 44 nitrogen and oxygen atoms in total. The molecular weight excluding hydrogens is 1400 g/mol. The summed E-state index contributed by atoms with van der Waals surface area (Å²) in [5.74, 6) is -1.47. The molecule has 14 bridgehead atoms. The number of hydrogen-bond acceptors (Lipinski definition) is 42. The Morgan fingerprint density at radius 1 is 0.324 bits per heavy atom. The fourth-order valence-electron chi connectivity index (χ4n) is 13.2. The summed E-state index contributed by atoms with van der Waals surface area (Å²) in [7, 11) is 0. The molecule has 0 spiro atoms. The maximum Gasteiger partial charge on any atom is 0.258 e. The highest BCUT2D eigenvalue weighted by Crippen LogP contribution is 2.40. The van der Waals surface area contributed by atoms with E-state index in [0.29, 0.717) is 0 Å². The van der Waals surface area contributed by atoms with Crippen LogP contribution in [-0.2, 0) is 80.6 Å². The van der Waals surface area contributed by atoms with Crippen LogP contribution >= 0.6 is 0 Å². The number of aliphatic hydroxyl groups is 23. The molecule has 0 aromatic heterocycles. The van der Waals surface area contributed by atoms with Crippen LogP contribution in [0.4, 0.5) is 0 Å². The van der Waals surface area contributed by atoms with Gasteiger partial charge in [-0.25, -0.2) is 0 Å². The van der Waals surface area contributed by atoms with Gasteiger partial charge in [0.2, 0.25) is 12.2 Å². The summed E-state index contributed by atoms with van der Waals surface area (Å²) >= 11 is 0.